The second kappa shape index (κ2) is 9.44. The van der Waals surface area contributed by atoms with Gasteiger partial charge in [-0.3, -0.25) is 9.59 Å². The Kier molecular flexibility index (Phi) is 6.87. The second-order valence-electron chi connectivity index (χ2n) is 8.10. The summed E-state index contributed by atoms with van der Waals surface area (Å²) in [6, 6.07) is 17.2. The van der Waals surface area contributed by atoms with E-state index < -0.39 is 40.0 Å². The maximum atomic E-state index is 13.6. The van der Waals surface area contributed by atoms with Crippen LogP contribution in [0, 0.1) is 0 Å². The molecule has 3 aromatic rings. The molecule has 2 atom stereocenters. The Morgan fingerprint density at radius 1 is 0.886 bits per heavy atom. The number of aliphatic carboxylic acids is 2. The average Bonchev–Trinajstić information content (AvgIpc) is 3.56. The van der Waals surface area contributed by atoms with Gasteiger partial charge in [0.15, 0.2) is 0 Å². The molecule has 2 N–H and O–H groups in total. The maximum Gasteiger partial charge on any atom is 0.325 e. The van der Waals surface area contributed by atoms with E-state index in [1.807, 2.05) is 0 Å². The predicted octanol–water partition coefficient (Wildman–Crippen LogP) is 5.40. The average molecular weight is 555 g/mol. The SMILES string of the molecule is O=C(O)CN(C1(C(=O)O)CC1c1ccc(Cl)c(Cl)c1)S(=O)(=O)c1ccc(-c2ccc(Cl)cc2)cc1. The van der Waals surface area contributed by atoms with Gasteiger partial charge in [0, 0.05) is 10.9 Å². The molecule has 4 rings (SSSR count). The van der Waals surface area contributed by atoms with Crippen molar-refractivity contribution in [2.24, 2.45) is 0 Å². The minimum absolute atomic E-state index is 0.115. The van der Waals surface area contributed by atoms with Crippen LogP contribution in [0.4, 0.5) is 0 Å². The van der Waals surface area contributed by atoms with E-state index >= 15 is 0 Å². The first-order valence-electron chi connectivity index (χ1n) is 10.3. The van der Waals surface area contributed by atoms with E-state index in [1.165, 1.54) is 24.3 Å². The van der Waals surface area contributed by atoms with Crippen molar-refractivity contribution < 1.29 is 28.2 Å². The molecular weight excluding hydrogens is 537 g/mol. The van der Waals surface area contributed by atoms with Crippen LogP contribution >= 0.6 is 34.8 Å². The zero-order valence-electron chi connectivity index (χ0n) is 17.9. The summed E-state index contributed by atoms with van der Waals surface area (Å²) in [5.41, 5.74) is -0.0305. The Labute approximate surface area is 216 Å². The molecule has 0 saturated heterocycles. The van der Waals surface area contributed by atoms with Gasteiger partial charge in [-0.15, -0.1) is 0 Å². The van der Waals surface area contributed by atoms with Crippen LogP contribution in [0.2, 0.25) is 15.1 Å². The summed E-state index contributed by atoms with van der Waals surface area (Å²) in [5, 5.41) is 20.6. The molecule has 0 heterocycles. The summed E-state index contributed by atoms with van der Waals surface area (Å²) in [7, 11) is -4.51. The van der Waals surface area contributed by atoms with Gasteiger partial charge in [0.25, 0.3) is 0 Å². The number of halogens is 3. The lowest BCUT2D eigenvalue weighted by Gasteiger charge is -2.28. The monoisotopic (exact) mass is 553 g/mol. The highest BCUT2D eigenvalue weighted by Gasteiger charge is 2.68. The van der Waals surface area contributed by atoms with Gasteiger partial charge in [0.05, 0.1) is 14.9 Å². The van der Waals surface area contributed by atoms with Crippen LogP contribution in [0.1, 0.15) is 17.9 Å². The van der Waals surface area contributed by atoms with Crippen molar-refractivity contribution in [3.05, 3.63) is 87.4 Å². The molecule has 1 aliphatic carbocycles. The Morgan fingerprint density at radius 3 is 1.97 bits per heavy atom. The smallest absolute Gasteiger partial charge is 0.325 e. The molecule has 1 fully saturated rings. The van der Waals surface area contributed by atoms with Gasteiger partial charge in [-0.1, -0.05) is 65.1 Å². The quantitative estimate of drug-likeness (QED) is 0.386. The summed E-state index contributed by atoms with van der Waals surface area (Å²) in [6.07, 6.45) is -0.115. The van der Waals surface area contributed by atoms with E-state index in [1.54, 1.807) is 42.5 Å². The lowest BCUT2D eigenvalue weighted by atomic mass is 10.1. The normalized spacial score (nSPS) is 19.5. The fourth-order valence-corrected chi connectivity index (χ4v) is 6.30. The van der Waals surface area contributed by atoms with Crippen LogP contribution in [0.25, 0.3) is 11.1 Å². The van der Waals surface area contributed by atoms with Crippen molar-refractivity contribution in [3.63, 3.8) is 0 Å². The Morgan fingerprint density at radius 2 is 1.46 bits per heavy atom. The number of carboxylic acid groups (broad SMARTS) is 2. The van der Waals surface area contributed by atoms with E-state index in [2.05, 4.69) is 0 Å². The molecule has 3 aromatic carbocycles. The van der Waals surface area contributed by atoms with E-state index in [0.29, 0.717) is 20.5 Å². The predicted molar refractivity (Wildman–Crippen MR) is 133 cm³/mol. The molecule has 0 bridgehead atoms. The standard InChI is InChI=1S/C24H18Cl3NO6S/c25-17-6-1-14(2-7-17)15-3-8-18(9-4-15)35(33,34)28(13-22(29)30)24(23(31)32)12-19(24)16-5-10-20(26)21(27)11-16/h1-11,19H,12-13H2,(H,29,30)(H,31,32). The minimum Gasteiger partial charge on any atom is -0.480 e. The van der Waals surface area contributed by atoms with E-state index in [4.69, 9.17) is 34.8 Å². The van der Waals surface area contributed by atoms with Crippen LogP contribution in [-0.4, -0.2) is 47.0 Å². The zero-order chi connectivity index (χ0) is 25.5. The van der Waals surface area contributed by atoms with Crippen molar-refractivity contribution in [2.75, 3.05) is 6.54 Å². The number of carboxylic acids is 2. The molecule has 1 aliphatic rings. The molecule has 0 amide bonds. The number of sulfonamides is 1. The van der Waals surface area contributed by atoms with Gasteiger partial charge in [-0.05, 0) is 59.5 Å². The molecule has 0 aliphatic heterocycles. The summed E-state index contributed by atoms with van der Waals surface area (Å²) in [5.74, 6) is -3.74. The molecule has 11 heteroatoms. The van der Waals surface area contributed by atoms with Crippen LogP contribution in [0.3, 0.4) is 0 Å². The largest absolute Gasteiger partial charge is 0.480 e. The molecular formula is C24H18Cl3NO6S. The summed E-state index contributed by atoms with van der Waals surface area (Å²) < 4.78 is 27.7. The minimum atomic E-state index is -4.51. The van der Waals surface area contributed by atoms with Gasteiger partial charge >= 0.3 is 11.9 Å². The Bertz CT molecular complexity index is 1410. The van der Waals surface area contributed by atoms with Crippen molar-refractivity contribution in [2.45, 2.75) is 22.8 Å². The number of nitrogens with zero attached hydrogens (tertiary/aromatic N) is 1. The van der Waals surface area contributed by atoms with Crippen molar-refractivity contribution >= 4 is 56.8 Å². The number of benzene rings is 3. The highest BCUT2D eigenvalue weighted by atomic mass is 35.5. The lowest BCUT2D eigenvalue weighted by Crippen LogP contribution is -2.50. The van der Waals surface area contributed by atoms with Crippen molar-refractivity contribution in [3.8, 4) is 11.1 Å². The maximum absolute atomic E-state index is 13.6. The lowest BCUT2D eigenvalue weighted by molar-refractivity contribution is -0.145. The zero-order valence-corrected chi connectivity index (χ0v) is 20.9. The number of hydrogen-bond donors (Lipinski definition) is 2. The van der Waals surface area contributed by atoms with Gasteiger partial charge < -0.3 is 10.2 Å². The van der Waals surface area contributed by atoms with Gasteiger partial charge in [0.1, 0.15) is 12.1 Å². The molecule has 0 spiro atoms. The van der Waals surface area contributed by atoms with Crippen LogP contribution < -0.4 is 0 Å². The van der Waals surface area contributed by atoms with Crippen LogP contribution in [-0.2, 0) is 19.6 Å². The molecule has 35 heavy (non-hydrogen) atoms. The van der Waals surface area contributed by atoms with E-state index in [9.17, 15) is 28.2 Å². The van der Waals surface area contributed by atoms with Crippen LogP contribution in [0.15, 0.2) is 71.6 Å². The second-order valence-corrected chi connectivity index (χ2v) is 11.2. The van der Waals surface area contributed by atoms with E-state index in [0.717, 1.165) is 5.56 Å². The van der Waals surface area contributed by atoms with Gasteiger partial charge in [-0.2, -0.15) is 4.31 Å². The van der Waals surface area contributed by atoms with Crippen molar-refractivity contribution in [1.29, 1.82) is 0 Å². The molecule has 0 aromatic heterocycles. The Hall–Kier alpha value is -2.62. The molecule has 7 nitrogen and oxygen atoms in total. The molecule has 1 saturated carbocycles. The van der Waals surface area contributed by atoms with Gasteiger partial charge in [0.2, 0.25) is 10.0 Å². The highest BCUT2D eigenvalue weighted by molar-refractivity contribution is 7.89. The van der Waals surface area contributed by atoms with Gasteiger partial charge in [-0.25, -0.2) is 8.42 Å². The topological polar surface area (TPSA) is 112 Å². The fourth-order valence-electron chi connectivity index (χ4n) is 4.15. The van der Waals surface area contributed by atoms with Crippen LogP contribution in [0.5, 0.6) is 0 Å². The molecule has 0 radical (unpaired) electrons. The fraction of sp³-hybridized carbons (Fsp3) is 0.167. The summed E-state index contributed by atoms with van der Waals surface area (Å²) in [6.45, 7) is -1.02. The third-order valence-electron chi connectivity index (χ3n) is 5.99. The first-order chi connectivity index (χ1) is 16.5. The first kappa shape index (κ1) is 25.5. The third kappa shape index (κ3) is 4.77. The molecule has 2 unspecified atom stereocenters. The number of rotatable bonds is 8. The molecule has 182 valence electrons. The summed E-state index contributed by atoms with van der Waals surface area (Å²) in [4.78, 5) is 23.8. The van der Waals surface area contributed by atoms with Crippen molar-refractivity contribution in [1.82, 2.24) is 4.31 Å². The number of carbonyl (C=O) groups is 2. The first-order valence-corrected chi connectivity index (χ1v) is 12.8. The number of hydrogen-bond acceptors (Lipinski definition) is 4. The summed E-state index contributed by atoms with van der Waals surface area (Å²) >= 11 is 17.9. The van der Waals surface area contributed by atoms with E-state index in [-0.39, 0.29) is 21.4 Å². The Balaban J connectivity index is 1.73. The third-order valence-corrected chi connectivity index (χ3v) is 8.89. The highest BCUT2D eigenvalue weighted by Crippen LogP contribution is 2.57.